The van der Waals surface area contributed by atoms with Gasteiger partial charge in [0, 0.05) is 6.04 Å². The summed E-state index contributed by atoms with van der Waals surface area (Å²) in [6, 6.07) is 3.64. The number of rotatable bonds is 1. The Bertz CT molecular complexity index is 562. The zero-order chi connectivity index (χ0) is 11.0. The maximum absolute atomic E-state index is 12.0. The monoisotopic (exact) mass is 267 g/mol. The van der Waals surface area contributed by atoms with Crippen molar-refractivity contribution in [1.82, 2.24) is 14.5 Å². The molecule has 0 aliphatic carbocycles. The number of fused-ring (bicyclic) bond motifs is 1. The van der Waals surface area contributed by atoms with Crippen LogP contribution in [0.2, 0.25) is 0 Å². The molecular formula is C10H10BrN3O. The van der Waals surface area contributed by atoms with Gasteiger partial charge < -0.3 is 0 Å². The summed E-state index contributed by atoms with van der Waals surface area (Å²) in [7, 11) is 0. The van der Waals surface area contributed by atoms with E-state index in [4.69, 9.17) is 0 Å². The summed E-state index contributed by atoms with van der Waals surface area (Å²) in [4.78, 5) is 20.3. The number of halogens is 1. The number of nitrogens with zero attached hydrogens (tertiary/aromatic N) is 3. The fraction of sp³-hybridized carbons (Fsp3) is 0.300. The predicted octanol–water partition coefficient (Wildman–Crippen LogP) is 2.13. The third-order valence-corrected chi connectivity index (χ3v) is 2.60. The highest BCUT2D eigenvalue weighted by Crippen LogP contribution is 2.11. The van der Waals surface area contributed by atoms with Crippen LogP contribution in [0.4, 0.5) is 0 Å². The van der Waals surface area contributed by atoms with Crippen molar-refractivity contribution in [2.24, 2.45) is 0 Å². The van der Waals surface area contributed by atoms with Gasteiger partial charge in [0.1, 0.15) is 4.60 Å². The number of hydrogen-bond acceptors (Lipinski definition) is 3. The molecule has 0 saturated heterocycles. The second-order valence-corrected chi connectivity index (χ2v) is 4.36. The highest BCUT2D eigenvalue weighted by atomic mass is 79.9. The minimum atomic E-state index is -0.101. The second kappa shape index (κ2) is 3.73. The first-order valence-electron chi connectivity index (χ1n) is 4.63. The Morgan fingerprint density at radius 2 is 2.13 bits per heavy atom. The maximum Gasteiger partial charge on any atom is 0.280 e. The molecule has 0 amide bonds. The van der Waals surface area contributed by atoms with Crippen LogP contribution >= 0.6 is 15.9 Å². The minimum Gasteiger partial charge on any atom is -0.295 e. The zero-order valence-corrected chi connectivity index (χ0v) is 10.0. The van der Waals surface area contributed by atoms with Crippen LogP contribution in [-0.2, 0) is 0 Å². The van der Waals surface area contributed by atoms with Gasteiger partial charge in [0.2, 0.25) is 0 Å². The standard InChI is InChI=1S/C10H10BrN3O/c1-6(2)14-5-12-7-3-4-8(11)13-9(7)10(14)15/h3-6H,1-2H3. The lowest BCUT2D eigenvalue weighted by Crippen LogP contribution is -2.22. The molecule has 0 aromatic carbocycles. The third-order valence-electron chi connectivity index (χ3n) is 2.15. The molecule has 78 valence electrons. The predicted molar refractivity (Wildman–Crippen MR) is 61.9 cm³/mol. The van der Waals surface area contributed by atoms with Gasteiger partial charge in [-0.3, -0.25) is 9.36 Å². The molecule has 2 heterocycles. The SMILES string of the molecule is CC(C)n1cnc2ccc(Br)nc2c1=O. The topological polar surface area (TPSA) is 47.8 Å². The van der Waals surface area contributed by atoms with Gasteiger partial charge in [0.05, 0.1) is 11.8 Å². The van der Waals surface area contributed by atoms with E-state index in [1.165, 1.54) is 0 Å². The molecule has 2 aromatic heterocycles. The van der Waals surface area contributed by atoms with Crippen LogP contribution in [0.3, 0.4) is 0 Å². The molecule has 0 fully saturated rings. The molecule has 0 bridgehead atoms. The summed E-state index contributed by atoms with van der Waals surface area (Å²) in [5, 5.41) is 0. The molecule has 15 heavy (non-hydrogen) atoms. The average molecular weight is 268 g/mol. The zero-order valence-electron chi connectivity index (χ0n) is 8.44. The fourth-order valence-corrected chi connectivity index (χ4v) is 1.67. The van der Waals surface area contributed by atoms with Crippen molar-refractivity contribution in [1.29, 1.82) is 0 Å². The first-order valence-corrected chi connectivity index (χ1v) is 5.42. The van der Waals surface area contributed by atoms with E-state index in [2.05, 4.69) is 25.9 Å². The molecule has 0 spiro atoms. The van der Waals surface area contributed by atoms with Gasteiger partial charge in [0.25, 0.3) is 5.56 Å². The van der Waals surface area contributed by atoms with E-state index in [1.807, 2.05) is 13.8 Å². The van der Waals surface area contributed by atoms with Crippen molar-refractivity contribution >= 4 is 27.0 Å². The van der Waals surface area contributed by atoms with E-state index in [-0.39, 0.29) is 11.6 Å². The fourth-order valence-electron chi connectivity index (χ4n) is 1.36. The molecule has 0 saturated carbocycles. The van der Waals surface area contributed by atoms with Crippen LogP contribution in [0.1, 0.15) is 19.9 Å². The molecular weight excluding hydrogens is 258 g/mol. The molecule has 0 unspecified atom stereocenters. The van der Waals surface area contributed by atoms with Gasteiger partial charge in [0.15, 0.2) is 5.52 Å². The van der Waals surface area contributed by atoms with Crippen molar-refractivity contribution in [2.75, 3.05) is 0 Å². The lowest BCUT2D eigenvalue weighted by molar-refractivity contribution is 0.572. The highest BCUT2D eigenvalue weighted by Gasteiger charge is 2.07. The smallest absolute Gasteiger partial charge is 0.280 e. The van der Waals surface area contributed by atoms with Gasteiger partial charge in [-0.05, 0) is 41.9 Å². The molecule has 0 aliphatic rings. The lowest BCUT2D eigenvalue weighted by Gasteiger charge is -2.08. The van der Waals surface area contributed by atoms with E-state index < -0.39 is 0 Å². The third kappa shape index (κ3) is 1.79. The lowest BCUT2D eigenvalue weighted by atomic mass is 10.3. The Morgan fingerprint density at radius 1 is 1.40 bits per heavy atom. The second-order valence-electron chi connectivity index (χ2n) is 3.55. The average Bonchev–Trinajstić information content (AvgIpc) is 2.19. The van der Waals surface area contributed by atoms with Gasteiger partial charge in [-0.1, -0.05) is 0 Å². The van der Waals surface area contributed by atoms with Gasteiger partial charge in [-0.2, -0.15) is 0 Å². The largest absolute Gasteiger partial charge is 0.295 e. The Kier molecular flexibility index (Phi) is 2.56. The summed E-state index contributed by atoms with van der Waals surface area (Å²) in [6.07, 6.45) is 1.56. The van der Waals surface area contributed by atoms with E-state index >= 15 is 0 Å². The maximum atomic E-state index is 12.0. The van der Waals surface area contributed by atoms with Crippen LogP contribution < -0.4 is 5.56 Å². The Balaban J connectivity index is 2.83. The van der Waals surface area contributed by atoms with Crippen molar-refractivity contribution in [3.8, 4) is 0 Å². The van der Waals surface area contributed by atoms with E-state index in [1.54, 1.807) is 23.0 Å². The Labute approximate surface area is 95.1 Å². The minimum absolute atomic E-state index is 0.0928. The summed E-state index contributed by atoms with van der Waals surface area (Å²) in [5.74, 6) is 0. The molecule has 5 heteroatoms. The Hall–Kier alpha value is -1.23. The molecule has 0 N–H and O–H groups in total. The van der Waals surface area contributed by atoms with Crippen LogP contribution in [0, 0.1) is 0 Å². The first-order chi connectivity index (χ1) is 7.09. The van der Waals surface area contributed by atoms with Crippen molar-refractivity contribution in [3.63, 3.8) is 0 Å². The summed E-state index contributed by atoms with van der Waals surface area (Å²) in [5.41, 5.74) is 0.928. The molecule has 0 atom stereocenters. The molecule has 2 rings (SSSR count). The van der Waals surface area contributed by atoms with E-state index in [0.717, 1.165) is 0 Å². The van der Waals surface area contributed by atoms with Crippen molar-refractivity contribution in [2.45, 2.75) is 19.9 Å². The molecule has 4 nitrogen and oxygen atoms in total. The van der Waals surface area contributed by atoms with Crippen molar-refractivity contribution < 1.29 is 0 Å². The summed E-state index contributed by atoms with van der Waals surface area (Å²) >= 11 is 3.24. The van der Waals surface area contributed by atoms with E-state index in [9.17, 15) is 4.79 Å². The van der Waals surface area contributed by atoms with Gasteiger partial charge >= 0.3 is 0 Å². The van der Waals surface area contributed by atoms with Crippen LogP contribution in [-0.4, -0.2) is 14.5 Å². The normalized spacial score (nSPS) is 11.2. The number of pyridine rings is 1. The van der Waals surface area contributed by atoms with Gasteiger partial charge in [-0.25, -0.2) is 9.97 Å². The summed E-state index contributed by atoms with van der Waals surface area (Å²) < 4.78 is 2.22. The molecule has 2 aromatic rings. The summed E-state index contributed by atoms with van der Waals surface area (Å²) in [6.45, 7) is 3.87. The van der Waals surface area contributed by atoms with Crippen LogP contribution in [0.15, 0.2) is 27.9 Å². The number of hydrogen-bond donors (Lipinski definition) is 0. The number of aromatic nitrogens is 3. The Morgan fingerprint density at radius 3 is 2.80 bits per heavy atom. The van der Waals surface area contributed by atoms with Gasteiger partial charge in [-0.15, -0.1) is 0 Å². The highest BCUT2D eigenvalue weighted by molar-refractivity contribution is 9.10. The van der Waals surface area contributed by atoms with Crippen LogP contribution in [0.25, 0.3) is 11.0 Å². The molecule has 0 radical (unpaired) electrons. The van der Waals surface area contributed by atoms with Crippen molar-refractivity contribution in [3.05, 3.63) is 33.4 Å². The van der Waals surface area contributed by atoms with E-state index in [0.29, 0.717) is 15.6 Å². The molecule has 0 aliphatic heterocycles. The van der Waals surface area contributed by atoms with Crippen LogP contribution in [0.5, 0.6) is 0 Å². The quantitative estimate of drug-likeness (QED) is 0.744. The first kappa shape index (κ1) is 10.3.